The number of aliphatic hydroxyl groups is 1. The highest BCUT2D eigenvalue weighted by Gasteiger charge is 2.10. The van der Waals surface area contributed by atoms with Gasteiger partial charge in [-0.3, -0.25) is 0 Å². The summed E-state index contributed by atoms with van der Waals surface area (Å²) in [4.78, 5) is 2.34. The van der Waals surface area contributed by atoms with Gasteiger partial charge in [-0.2, -0.15) is 0 Å². The Hall–Kier alpha value is -2.58. The maximum atomic E-state index is 10.5. The van der Waals surface area contributed by atoms with Gasteiger partial charge in [-0.25, -0.2) is 0 Å². The average Bonchev–Trinajstić information content (AvgIpc) is 2.70. The molecule has 0 radical (unpaired) electrons. The fourth-order valence-corrected chi connectivity index (χ4v) is 3.14. The molecule has 1 unspecified atom stereocenters. The lowest BCUT2D eigenvalue weighted by Gasteiger charge is -2.21. The number of aliphatic hydroxyl groups excluding tert-OH is 1. The Labute approximate surface area is 150 Å². The molecule has 0 saturated heterocycles. The average molecular weight is 331 g/mol. The van der Waals surface area contributed by atoms with Gasteiger partial charge < -0.3 is 10.0 Å². The molecule has 3 rings (SSSR count). The molecule has 0 amide bonds. The topological polar surface area (TPSA) is 23.5 Å². The lowest BCUT2D eigenvalue weighted by atomic mass is 9.98. The first-order valence-electron chi connectivity index (χ1n) is 8.91. The van der Waals surface area contributed by atoms with Crippen LogP contribution in [0.3, 0.4) is 0 Å². The molecule has 0 saturated carbocycles. The molecular weight excluding hydrogens is 306 g/mol. The summed E-state index contributed by atoms with van der Waals surface area (Å²) < 4.78 is 0. The minimum atomic E-state index is -0.583. The first-order valence-corrected chi connectivity index (χ1v) is 8.91. The monoisotopic (exact) mass is 331 g/mol. The predicted molar refractivity (Wildman–Crippen MR) is 106 cm³/mol. The number of benzene rings is 3. The van der Waals surface area contributed by atoms with Gasteiger partial charge in [0.2, 0.25) is 0 Å². The zero-order valence-electron chi connectivity index (χ0n) is 14.9. The van der Waals surface area contributed by atoms with Crippen LogP contribution in [0.4, 0.5) is 5.69 Å². The van der Waals surface area contributed by atoms with Gasteiger partial charge in [0, 0.05) is 18.8 Å². The van der Waals surface area contributed by atoms with E-state index in [1.54, 1.807) is 0 Å². The maximum Gasteiger partial charge on any atom is 0.104 e. The first-order chi connectivity index (χ1) is 12.2. The minimum Gasteiger partial charge on any atom is -0.384 e. The molecule has 0 bridgehead atoms. The summed E-state index contributed by atoms with van der Waals surface area (Å²) in [6.45, 7) is 6.38. The molecule has 3 aromatic carbocycles. The van der Waals surface area contributed by atoms with E-state index in [-0.39, 0.29) is 0 Å². The van der Waals surface area contributed by atoms with Crippen molar-refractivity contribution in [2.45, 2.75) is 20.0 Å². The molecule has 1 N–H and O–H groups in total. The van der Waals surface area contributed by atoms with Crippen LogP contribution in [0.1, 0.15) is 31.1 Å². The van der Waals surface area contributed by atoms with E-state index in [4.69, 9.17) is 0 Å². The second kappa shape index (κ2) is 8.00. The zero-order chi connectivity index (χ0) is 17.6. The Morgan fingerprint density at radius 3 is 1.68 bits per heavy atom. The van der Waals surface area contributed by atoms with Gasteiger partial charge in [0.15, 0.2) is 0 Å². The van der Waals surface area contributed by atoms with Crippen LogP contribution >= 0.6 is 0 Å². The third-order valence-corrected chi connectivity index (χ3v) is 4.67. The number of hydrogen-bond acceptors (Lipinski definition) is 2. The summed E-state index contributed by atoms with van der Waals surface area (Å²) >= 11 is 0. The van der Waals surface area contributed by atoms with E-state index in [1.165, 1.54) is 11.3 Å². The highest BCUT2D eigenvalue weighted by molar-refractivity contribution is 5.66. The Morgan fingerprint density at radius 2 is 1.16 bits per heavy atom. The van der Waals surface area contributed by atoms with Gasteiger partial charge in [-0.05, 0) is 48.2 Å². The van der Waals surface area contributed by atoms with Gasteiger partial charge in [0.05, 0.1) is 0 Å². The summed E-state index contributed by atoms with van der Waals surface area (Å²) in [7, 11) is 0. The molecular formula is C23H25NO. The molecule has 2 heteroatoms. The van der Waals surface area contributed by atoms with Crippen molar-refractivity contribution in [1.82, 2.24) is 0 Å². The number of nitrogens with zero attached hydrogens (tertiary/aromatic N) is 1. The summed E-state index contributed by atoms with van der Waals surface area (Å²) in [5.41, 5.74) is 5.44. The second-order valence-electron chi connectivity index (χ2n) is 6.15. The van der Waals surface area contributed by atoms with Crippen molar-refractivity contribution in [3.05, 3.63) is 90.0 Å². The lowest BCUT2D eigenvalue weighted by molar-refractivity contribution is 0.220. The third-order valence-electron chi connectivity index (χ3n) is 4.67. The van der Waals surface area contributed by atoms with Crippen molar-refractivity contribution in [3.63, 3.8) is 0 Å². The molecule has 3 aromatic rings. The van der Waals surface area contributed by atoms with E-state index >= 15 is 0 Å². The largest absolute Gasteiger partial charge is 0.384 e. The van der Waals surface area contributed by atoms with Gasteiger partial charge in [0.1, 0.15) is 6.10 Å². The summed E-state index contributed by atoms with van der Waals surface area (Å²) in [5, 5.41) is 10.5. The normalized spacial score (nSPS) is 12.0. The van der Waals surface area contributed by atoms with Crippen molar-refractivity contribution in [2.24, 2.45) is 0 Å². The van der Waals surface area contributed by atoms with E-state index in [9.17, 15) is 5.11 Å². The van der Waals surface area contributed by atoms with E-state index in [0.29, 0.717) is 0 Å². The van der Waals surface area contributed by atoms with Gasteiger partial charge >= 0.3 is 0 Å². The summed E-state index contributed by atoms with van der Waals surface area (Å²) in [5.74, 6) is 0. The second-order valence-corrected chi connectivity index (χ2v) is 6.15. The highest BCUT2D eigenvalue weighted by atomic mass is 16.3. The van der Waals surface area contributed by atoms with Crippen LogP contribution in [0.5, 0.6) is 0 Å². The van der Waals surface area contributed by atoms with Crippen LogP contribution in [-0.4, -0.2) is 18.2 Å². The maximum absolute atomic E-state index is 10.5. The fraction of sp³-hybridized carbons (Fsp3) is 0.217. The summed E-state index contributed by atoms with van der Waals surface area (Å²) in [6.07, 6.45) is -0.583. The molecule has 0 aliphatic carbocycles. The fourth-order valence-electron chi connectivity index (χ4n) is 3.14. The molecule has 0 aliphatic rings. The molecule has 2 nitrogen and oxygen atoms in total. The van der Waals surface area contributed by atoms with Crippen molar-refractivity contribution in [1.29, 1.82) is 0 Å². The van der Waals surface area contributed by atoms with Gasteiger partial charge in [-0.15, -0.1) is 0 Å². The van der Waals surface area contributed by atoms with Crippen LogP contribution in [0.25, 0.3) is 11.1 Å². The van der Waals surface area contributed by atoms with E-state index < -0.39 is 6.10 Å². The molecule has 0 aromatic heterocycles. The van der Waals surface area contributed by atoms with Crippen LogP contribution in [0, 0.1) is 0 Å². The third kappa shape index (κ3) is 3.92. The molecule has 0 spiro atoms. The smallest absolute Gasteiger partial charge is 0.104 e. The molecule has 25 heavy (non-hydrogen) atoms. The van der Waals surface area contributed by atoms with Crippen molar-refractivity contribution in [3.8, 4) is 11.1 Å². The summed E-state index contributed by atoms with van der Waals surface area (Å²) in [6, 6.07) is 26.6. The Bertz CT molecular complexity index is 775. The first kappa shape index (κ1) is 17.2. The minimum absolute atomic E-state index is 0.583. The Kier molecular flexibility index (Phi) is 5.52. The quantitative estimate of drug-likeness (QED) is 0.664. The number of hydrogen-bond donors (Lipinski definition) is 1. The van der Waals surface area contributed by atoms with E-state index in [1.807, 2.05) is 42.5 Å². The Balaban J connectivity index is 1.78. The van der Waals surface area contributed by atoms with Crippen molar-refractivity contribution < 1.29 is 5.11 Å². The van der Waals surface area contributed by atoms with E-state index in [2.05, 4.69) is 55.1 Å². The van der Waals surface area contributed by atoms with Crippen LogP contribution in [-0.2, 0) is 0 Å². The number of anilines is 1. The molecule has 0 heterocycles. The molecule has 0 aliphatic heterocycles. The van der Waals surface area contributed by atoms with Gasteiger partial charge in [0.25, 0.3) is 0 Å². The van der Waals surface area contributed by atoms with Crippen LogP contribution in [0.15, 0.2) is 78.9 Å². The van der Waals surface area contributed by atoms with Crippen LogP contribution < -0.4 is 4.90 Å². The highest BCUT2D eigenvalue weighted by Crippen LogP contribution is 2.27. The van der Waals surface area contributed by atoms with Crippen molar-refractivity contribution in [2.75, 3.05) is 18.0 Å². The van der Waals surface area contributed by atoms with Gasteiger partial charge in [-0.1, -0.05) is 66.7 Å². The predicted octanol–water partition coefficient (Wildman–Crippen LogP) is 5.28. The SMILES string of the molecule is CCN(CC)c1ccc(-c2ccc(C(O)c3ccccc3)cc2)cc1. The molecule has 1 atom stereocenters. The molecule has 0 fully saturated rings. The molecule has 128 valence electrons. The zero-order valence-corrected chi connectivity index (χ0v) is 14.9. The number of rotatable bonds is 6. The standard InChI is InChI=1S/C23H25NO/c1-3-24(4-2)22-16-14-19(15-17-22)18-10-12-21(13-11-18)23(25)20-8-6-5-7-9-20/h5-17,23,25H,3-4H2,1-2H3. The van der Waals surface area contributed by atoms with Crippen molar-refractivity contribution >= 4 is 5.69 Å². The lowest BCUT2D eigenvalue weighted by Crippen LogP contribution is -2.21. The van der Waals surface area contributed by atoms with E-state index in [0.717, 1.165) is 29.8 Å². The van der Waals surface area contributed by atoms with Crippen LogP contribution in [0.2, 0.25) is 0 Å². The Morgan fingerprint density at radius 1 is 0.680 bits per heavy atom.